The third-order valence-electron chi connectivity index (χ3n) is 1.31. The summed E-state index contributed by atoms with van der Waals surface area (Å²) < 4.78 is 18.9. The van der Waals surface area contributed by atoms with Gasteiger partial charge in [0.2, 0.25) is 1.43 Å². The van der Waals surface area contributed by atoms with Gasteiger partial charge in [0.05, 0.1) is 12.2 Å². The molecule has 0 saturated carbocycles. The Kier molecular flexibility index (Phi) is 4.93. The molecule has 1 N–H and O–H groups in total. The Bertz CT molecular complexity index is 194. The highest BCUT2D eigenvalue weighted by Crippen LogP contribution is 2.12. The van der Waals surface area contributed by atoms with Crippen LogP contribution >= 0.6 is 12.0 Å². The van der Waals surface area contributed by atoms with Crippen molar-refractivity contribution in [2.45, 2.75) is 25.0 Å². The third kappa shape index (κ3) is 5.25. The minimum atomic E-state index is -0.375. The highest BCUT2D eigenvalue weighted by Gasteiger charge is 2.11. The smallest absolute Gasteiger partial charge is 0.211 e. The lowest BCUT2D eigenvalue weighted by Crippen LogP contribution is -2.16. The zero-order valence-corrected chi connectivity index (χ0v) is 7.68. The molecule has 0 aromatic rings. The molecule has 0 aliphatic heterocycles. The van der Waals surface area contributed by atoms with Gasteiger partial charge in [-0.2, -0.15) is 0 Å². The van der Waals surface area contributed by atoms with Gasteiger partial charge in [0.1, 0.15) is 0 Å². The fourth-order valence-corrected chi connectivity index (χ4v) is 1.08. The summed E-state index contributed by atoms with van der Waals surface area (Å²) in [6.07, 6.45) is 7.19. The molecule has 0 unspecified atom stereocenters. The van der Waals surface area contributed by atoms with Gasteiger partial charge in [0.25, 0.3) is 0 Å². The average Bonchev–Trinajstić information content (AvgIpc) is 2.22. The van der Waals surface area contributed by atoms with Crippen LogP contribution in [0.5, 0.6) is 0 Å². The summed E-state index contributed by atoms with van der Waals surface area (Å²) in [5.41, 5.74) is 0. The first-order valence-corrected chi connectivity index (χ1v) is 4.45. The number of aliphatic hydroxyl groups excluding tert-OH is 1. The van der Waals surface area contributed by atoms with Crippen molar-refractivity contribution in [3.05, 3.63) is 12.7 Å². The molecule has 0 bridgehead atoms. The number of rotatable bonds is 7. The van der Waals surface area contributed by atoms with E-state index in [-0.39, 0.29) is 18.4 Å². The highest BCUT2D eigenvalue weighted by atomic mass is 32.2. The van der Waals surface area contributed by atoms with Crippen LogP contribution in [-0.4, -0.2) is 25.0 Å². The van der Waals surface area contributed by atoms with Crippen molar-refractivity contribution in [1.29, 1.82) is 1.43 Å². The van der Waals surface area contributed by atoms with E-state index in [1.807, 2.05) is 0 Å². The van der Waals surface area contributed by atoms with Crippen LogP contribution in [0.3, 0.4) is 0 Å². The molecule has 0 aliphatic rings. The van der Waals surface area contributed by atoms with Crippen molar-refractivity contribution in [2.75, 3.05) is 6.23 Å². The van der Waals surface area contributed by atoms with Gasteiger partial charge in [-0.05, 0) is 12.0 Å². The maximum Gasteiger partial charge on any atom is 0.211 e. The molecule has 0 aliphatic carbocycles. The molecule has 0 rings (SSSR count). The first-order valence-electron chi connectivity index (χ1n) is 4.65. The Labute approximate surface area is 81.1 Å². The van der Waals surface area contributed by atoms with Crippen LogP contribution in [0.2, 0.25) is 0 Å². The summed E-state index contributed by atoms with van der Waals surface area (Å²) in [6, 6.07) is 0. The molecule has 0 spiro atoms. The van der Waals surface area contributed by atoms with E-state index in [2.05, 4.69) is 17.6 Å². The Morgan fingerprint density at radius 1 is 2.08 bits per heavy atom. The molecule has 3 heteroatoms. The molecule has 12 heavy (non-hydrogen) atoms. The SMILES string of the molecule is [3H]CSO[C@H](CC#C)C[C@@H](C=C)O[3H]. The van der Waals surface area contributed by atoms with Crippen molar-refractivity contribution >= 4 is 12.0 Å². The average molecular weight is 190 g/mol. The van der Waals surface area contributed by atoms with Gasteiger partial charge in [0.15, 0.2) is 0 Å². The summed E-state index contributed by atoms with van der Waals surface area (Å²) >= 11 is 1.04. The molecule has 0 heterocycles. The first-order chi connectivity index (χ1) is 6.78. The van der Waals surface area contributed by atoms with E-state index in [1.54, 1.807) is 0 Å². The van der Waals surface area contributed by atoms with Crippen molar-refractivity contribution in [3.63, 3.8) is 0 Å². The van der Waals surface area contributed by atoms with Crippen LogP contribution in [0.25, 0.3) is 0 Å². The van der Waals surface area contributed by atoms with E-state index in [4.69, 9.17) is 13.4 Å². The van der Waals surface area contributed by atoms with Crippen LogP contribution in [0.15, 0.2) is 12.7 Å². The van der Waals surface area contributed by atoms with Gasteiger partial charge < -0.3 is 9.29 Å². The standard InChI is InChI=1S/C9H14O2S/c1-4-6-9(11-12-3)7-8(10)5-2/h1,5,8-10H,2,6-7H2,3H3/t8-,9-/m1/s1/i3T,10T. The fourth-order valence-electron chi connectivity index (χ4n) is 0.740. The lowest BCUT2D eigenvalue weighted by Gasteiger charge is -2.14. The van der Waals surface area contributed by atoms with E-state index in [0.717, 1.165) is 12.0 Å². The minimum absolute atomic E-state index is 0.127. The van der Waals surface area contributed by atoms with Crippen LogP contribution < -0.4 is 0 Å². The molecule has 0 aromatic heterocycles. The Hall–Kier alpha value is -0.430. The predicted octanol–water partition coefficient (Wildman–Crippen LogP) is 1.61. The zero-order chi connectivity index (χ0) is 10.8. The topological polar surface area (TPSA) is 29.5 Å². The van der Waals surface area contributed by atoms with Gasteiger partial charge >= 0.3 is 0 Å². The second kappa shape index (κ2) is 7.23. The Morgan fingerprint density at radius 2 is 2.92 bits per heavy atom. The molecule has 0 aromatic carbocycles. The Morgan fingerprint density at radius 3 is 3.42 bits per heavy atom. The highest BCUT2D eigenvalue weighted by molar-refractivity contribution is 7.93. The largest absolute Gasteiger partial charge is 0.389 e. The predicted molar refractivity (Wildman–Crippen MR) is 52.7 cm³/mol. The molecule has 0 radical (unpaired) electrons. The van der Waals surface area contributed by atoms with Gasteiger partial charge in [0, 0.05) is 20.4 Å². The van der Waals surface area contributed by atoms with Crippen molar-refractivity contribution < 1.29 is 10.7 Å². The summed E-state index contributed by atoms with van der Waals surface area (Å²) in [7, 11) is 0. The second-order valence-corrected chi connectivity index (χ2v) is 2.68. The van der Waals surface area contributed by atoms with Crippen LogP contribution in [0.1, 0.15) is 14.2 Å². The van der Waals surface area contributed by atoms with Crippen LogP contribution in [-0.2, 0) is 4.18 Å². The molecule has 2 atom stereocenters. The molecule has 0 fully saturated rings. The van der Waals surface area contributed by atoms with E-state index in [9.17, 15) is 0 Å². The van der Waals surface area contributed by atoms with Crippen molar-refractivity contribution in [1.82, 2.24) is 0 Å². The number of terminal acetylenes is 1. The lowest BCUT2D eigenvalue weighted by atomic mass is 10.1. The molecule has 2 nitrogen and oxygen atoms in total. The maximum absolute atomic E-state index is 6.90. The van der Waals surface area contributed by atoms with E-state index in [1.165, 1.54) is 6.08 Å². The number of hydrogen-bond donors (Lipinski definition) is 1. The molecular formula is C9H14O2S. The van der Waals surface area contributed by atoms with Gasteiger partial charge in [-0.15, -0.1) is 18.9 Å². The first kappa shape index (κ1) is 8.18. The Balaban J connectivity index is 3.93. The van der Waals surface area contributed by atoms with Crippen LogP contribution in [0.4, 0.5) is 0 Å². The molecular weight excluding hydrogens is 172 g/mol. The fraction of sp³-hybridized carbons (Fsp3) is 0.556. The number of hydrogen-bond acceptors (Lipinski definition) is 3. The summed E-state index contributed by atoms with van der Waals surface area (Å²) in [4.78, 5) is 0. The van der Waals surface area contributed by atoms with Gasteiger partial charge in [-0.25, -0.2) is 0 Å². The monoisotopic (exact) mass is 190 g/mol. The normalized spacial score (nSPS) is 16.9. The summed E-state index contributed by atoms with van der Waals surface area (Å²) in [5, 5.41) is 4.38. The van der Waals surface area contributed by atoms with Crippen LogP contribution in [0, 0.1) is 12.3 Å². The zero-order valence-electron chi connectivity index (χ0n) is 8.86. The minimum Gasteiger partial charge on any atom is -0.389 e. The summed E-state index contributed by atoms with van der Waals surface area (Å²) in [5.74, 6) is 2.48. The summed E-state index contributed by atoms with van der Waals surface area (Å²) in [6.45, 7) is 3.53. The molecule has 68 valence electrons. The van der Waals surface area contributed by atoms with E-state index >= 15 is 0 Å². The van der Waals surface area contributed by atoms with Crippen molar-refractivity contribution in [3.8, 4) is 12.3 Å². The maximum atomic E-state index is 6.90. The van der Waals surface area contributed by atoms with Crippen molar-refractivity contribution in [2.24, 2.45) is 0 Å². The van der Waals surface area contributed by atoms with Gasteiger partial charge in [-0.3, -0.25) is 0 Å². The molecule has 0 saturated heterocycles. The lowest BCUT2D eigenvalue weighted by molar-refractivity contribution is 0.140. The third-order valence-corrected chi connectivity index (χ3v) is 1.72. The van der Waals surface area contributed by atoms with E-state index < -0.39 is 0 Å². The quantitative estimate of drug-likeness (QED) is 0.376. The molecule has 0 amide bonds. The number of aliphatic hydroxyl groups is 1. The van der Waals surface area contributed by atoms with E-state index in [0.29, 0.717) is 12.8 Å². The second-order valence-electron chi connectivity index (χ2n) is 2.25. The van der Waals surface area contributed by atoms with Gasteiger partial charge in [-0.1, -0.05) is 6.08 Å².